The van der Waals surface area contributed by atoms with E-state index in [-0.39, 0.29) is 34.7 Å². The van der Waals surface area contributed by atoms with E-state index < -0.39 is 41.0 Å². The Morgan fingerprint density at radius 3 is 2.77 bits per heavy atom. The van der Waals surface area contributed by atoms with Crippen LogP contribution in [0.1, 0.15) is 22.3 Å². The second kappa shape index (κ2) is 11.8. The average Bonchev–Trinajstić information content (AvgIpc) is 3.23. The summed E-state index contributed by atoms with van der Waals surface area (Å²) < 4.78 is 43.6. The summed E-state index contributed by atoms with van der Waals surface area (Å²) in [4.78, 5) is 45.5. The minimum absolute atomic E-state index is 0.000628. The van der Waals surface area contributed by atoms with Crippen LogP contribution in [0.15, 0.2) is 58.6 Å². The molecule has 0 atom stereocenters. The molecule has 2 aromatic carbocycles. The zero-order valence-electron chi connectivity index (χ0n) is 19.7. The number of carbonyl (C=O) groups is 3. The normalized spacial score (nSPS) is 15.6. The molecule has 1 fully saturated rings. The van der Waals surface area contributed by atoms with Gasteiger partial charge in [0, 0.05) is 24.7 Å². The predicted molar refractivity (Wildman–Crippen MR) is 140 cm³/mol. The summed E-state index contributed by atoms with van der Waals surface area (Å²) >= 11 is 7.05. The van der Waals surface area contributed by atoms with Crippen LogP contribution in [0.2, 0.25) is 5.02 Å². The molecule has 4 rings (SSSR count). The van der Waals surface area contributed by atoms with Crippen LogP contribution in [0.4, 0.5) is 18.9 Å². The summed E-state index contributed by atoms with van der Waals surface area (Å²) in [6.45, 7) is -0.238. The smallest absolute Gasteiger partial charge is 0.417 e. The van der Waals surface area contributed by atoms with E-state index >= 15 is 0 Å². The topological polar surface area (TPSA) is 130 Å². The second-order valence-corrected chi connectivity index (χ2v) is 9.37. The molecule has 0 aliphatic carbocycles. The van der Waals surface area contributed by atoms with E-state index in [0.717, 1.165) is 28.7 Å². The fourth-order valence-corrected chi connectivity index (χ4v) is 4.40. The number of nitrogens with one attached hydrogen (secondary N) is 2. The van der Waals surface area contributed by atoms with E-state index in [9.17, 15) is 27.6 Å². The molecule has 14 heteroatoms. The zero-order valence-corrected chi connectivity index (χ0v) is 21.3. The van der Waals surface area contributed by atoms with Crippen LogP contribution in [-0.4, -0.2) is 52.4 Å². The molecule has 0 saturated carbocycles. The monoisotopic (exact) mass is 578 g/mol. The first kappa shape index (κ1) is 28.1. The number of halogens is 4. The zero-order chi connectivity index (χ0) is 28.2. The molecule has 202 valence electrons. The van der Waals surface area contributed by atoms with E-state index in [1.165, 1.54) is 6.07 Å². The van der Waals surface area contributed by atoms with Crippen molar-refractivity contribution in [2.45, 2.75) is 12.6 Å². The van der Waals surface area contributed by atoms with Crippen molar-refractivity contribution in [2.75, 3.05) is 13.2 Å². The summed E-state index contributed by atoms with van der Waals surface area (Å²) in [7, 11) is 0. The van der Waals surface area contributed by atoms with Crippen molar-refractivity contribution in [1.82, 2.24) is 15.6 Å². The summed E-state index contributed by atoms with van der Waals surface area (Å²) in [5.41, 5.74) is 0.532. The number of ether oxygens (including phenoxy) is 1. The Labute approximate surface area is 228 Å². The van der Waals surface area contributed by atoms with Crippen molar-refractivity contribution >= 4 is 69.0 Å². The van der Waals surface area contributed by atoms with Gasteiger partial charge >= 0.3 is 12.1 Å². The number of thioether (sulfide) groups is 1. The average molecular weight is 579 g/mol. The number of hydrogen-bond donors (Lipinski definition) is 3. The lowest BCUT2D eigenvalue weighted by Crippen LogP contribution is -2.30. The number of aliphatic hydroxyl groups excluding tert-OH is 1. The quantitative estimate of drug-likeness (QED) is 0.164. The van der Waals surface area contributed by atoms with Gasteiger partial charge in [-0.15, -0.1) is 0 Å². The van der Waals surface area contributed by atoms with Crippen LogP contribution in [0.25, 0.3) is 17.0 Å². The maximum absolute atomic E-state index is 13.0. The third-order valence-corrected chi connectivity index (χ3v) is 6.38. The number of esters is 1. The van der Waals surface area contributed by atoms with E-state index in [2.05, 4.69) is 25.3 Å². The van der Waals surface area contributed by atoms with Crippen LogP contribution in [0, 0.1) is 0 Å². The lowest BCUT2D eigenvalue weighted by molar-refractivity contribution is -0.189. The van der Waals surface area contributed by atoms with Gasteiger partial charge in [0.25, 0.3) is 11.8 Å². The molecule has 0 spiro atoms. The van der Waals surface area contributed by atoms with Crippen LogP contribution in [0.3, 0.4) is 0 Å². The Bertz CT molecular complexity index is 1530. The lowest BCUT2D eigenvalue weighted by atomic mass is 10.1. The van der Waals surface area contributed by atoms with Gasteiger partial charge in [-0.3, -0.25) is 14.6 Å². The number of aromatic nitrogens is 1. The minimum atomic E-state index is -5.38. The highest BCUT2D eigenvalue weighted by Crippen LogP contribution is 2.41. The highest BCUT2D eigenvalue weighted by atomic mass is 35.5. The summed E-state index contributed by atoms with van der Waals surface area (Å²) in [5, 5.41) is 14.3. The van der Waals surface area contributed by atoms with Crippen LogP contribution in [-0.2, 0) is 9.59 Å². The Morgan fingerprint density at radius 1 is 1.23 bits per heavy atom. The fourth-order valence-electron chi connectivity index (χ4n) is 3.38. The number of alkyl halides is 3. The molecule has 1 aliphatic rings. The van der Waals surface area contributed by atoms with Gasteiger partial charge in [0.1, 0.15) is 5.69 Å². The third-order valence-electron chi connectivity index (χ3n) is 5.16. The van der Waals surface area contributed by atoms with Gasteiger partial charge in [0.2, 0.25) is 0 Å². The number of rotatable bonds is 7. The number of aliphatic imine (C=N–C) groups is 1. The van der Waals surface area contributed by atoms with Crippen molar-refractivity contribution < 1.29 is 37.4 Å². The highest BCUT2D eigenvalue weighted by Gasteiger charge is 2.42. The predicted octanol–water partition coefficient (Wildman–Crippen LogP) is 4.36. The van der Waals surface area contributed by atoms with Gasteiger partial charge in [-0.25, -0.2) is 9.79 Å². The Morgan fingerprint density at radius 2 is 2.03 bits per heavy atom. The molecule has 2 amide bonds. The van der Waals surface area contributed by atoms with E-state index in [4.69, 9.17) is 16.7 Å². The maximum Gasteiger partial charge on any atom is 0.491 e. The standard InChI is InChI=1S/C25H18ClF3N4O5S/c26-16-6-5-15(21(35)31-9-2-10-34)20(38-23(37)25(27,28)29)19(16)32-24-33-22(36)18(39-24)12-13-4-7-17-14(11-13)3-1-8-30-17/h1,3-8,11-12,34H,2,9-10H2,(H,31,35)(H,32,33,36)/b18-12-. The summed E-state index contributed by atoms with van der Waals surface area (Å²) in [6, 6.07) is 11.3. The first-order valence-corrected chi connectivity index (χ1v) is 12.4. The van der Waals surface area contributed by atoms with Gasteiger partial charge < -0.3 is 20.5 Å². The van der Waals surface area contributed by atoms with Gasteiger partial charge in [-0.05, 0) is 60.2 Å². The SMILES string of the molecule is O=C1NC(=Nc2c(Cl)ccc(C(=O)NCCCO)c2OC(=O)C(F)(F)F)S/C1=C\c1ccc2ncccc2c1. The summed E-state index contributed by atoms with van der Waals surface area (Å²) in [5.74, 6) is -4.85. The molecular formula is C25H18ClF3N4O5S. The molecule has 9 nitrogen and oxygen atoms in total. The minimum Gasteiger partial charge on any atom is -0.417 e. The number of hydrogen-bond acceptors (Lipinski definition) is 8. The molecule has 0 bridgehead atoms. The van der Waals surface area contributed by atoms with Gasteiger partial charge in [0.15, 0.2) is 10.9 Å². The van der Waals surface area contributed by atoms with E-state index in [1.807, 2.05) is 12.1 Å². The maximum atomic E-state index is 13.0. The Balaban J connectivity index is 1.70. The number of aliphatic hydroxyl groups is 1. The van der Waals surface area contributed by atoms with Crippen molar-refractivity contribution in [3.8, 4) is 5.75 Å². The Hall–Kier alpha value is -3.94. The first-order chi connectivity index (χ1) is 18.6. The van der Waals surface area contributed by atoms with Crippen LogP contribution >= 0.6 is 23.4 Å². The number of carbonyl (C=O) groups excluding carboxylic acids is 3. The summed E-state index contributed by atoms with van der Waals surface area (Å²) in [6.07, 6.45) is -1.95. The first-order valence-electron chi connectivity index (χ1n) is 11.2. The second-order valence-electron chi connectivity index (χ2n) is 7.93. The molecule has 3 N–H and O–H groups in total. The number of fused-ring (bicyclic) bond motifs is 1. The number of amidine groups is 1. The van der Waals surface area contributed by atoms with Crippen molar-refractivity contribution in [3.63, 3.8) is 0 Å². The molecule has 0 radical (unpaired) electrons. The molecule has 1 aromatic heterocycles. The van der Waals surface area contributed by atoms with Crippen molar-refractivity contribution in [2.24, 2.45) is 4.99 Å². The molecule has 2 heterocycles. The van der Waals surface area contributed by atoms with Gasteiger partial charge in [-0.1, -0.05) is 23.7 Å². The molecular weight excluding hydrogens is 561 g/mol. The van der Waals surface area contributed by atoms with Crippen LogP contribution < -0.4 is 15.4 Å². The number of benzene rings is 2. The largest absolute Gasteiger partial charge is 0.491 e. The van der Waals surface area contributed by atoms with E-state index in [1.54, 1.807) is 30.5 Å². The van der Waals surface area contributed by atoms with E-state index in [0.29, 0.717) is 5.56 Å². The molecule has 3 aromatic rings. The number of pyridine rings is 1. The van der Waals surface area contributed by atoms with Crippen molar-refractivity contribution in [3.05, 3.63) is 69.7 Å². The Kier molecular flexibility index (Phi) is 8.53. The highest BCUT2D eigenvalue weighted by molar-refractivity contribution is 8.18. The molecule has 0 unspecified atom stereocenters. The van der Waals surface area contributed by atoms with Gasteiger partial charge in [-0.2, -0.15) is 13.2 Å². The van der Waals surface area contributed by atoms with Crippen molar-refractivity contribution in [1.29, 1.82) is 0 Å². The van der Waals surface area contributed by atoms with Crippen LogP contribution in [0.5, 0.6) is 5.75 Å². The molecule has 39 heavy (non-hydrogen) atoms. The third kappa shape index (κ3) is 6.74. The molecule has 1 saturated heterocycles. The number of nitrogens with zero attached hydrogens (tertiary/aromatic N) is 2. The molecule has 1 aliphatic heterocycles. The number of amides is 2. The van der Waals surface area contributed by atoms with Gasteiger partial charge in [0.05, 0.1) is 21.0 Å². The fraction of sp³-hybridized carbons (Fsp3) is 0.160. The lowest BCUT2D eigenvalue weighted by Gasteiger charge is -2.15.